The molecule has 0 amide bonds. The van der Waals surface area contributed by atoms with Gasteiger partial charge in [-0.15, -0.1) is 0 Å². The van der Waals surface area contributed by atoms with Gasteiger partial charge in [-0.1, -0.05) is 23.4 Å². The molecule has 4 rings (SSSR count). The molecule has 0 radical (unpaired) electrons. The van der Waals surface area contributed by atoms with E-state index in [4.69, 9.17) is 9.26 Å². The molecule has 0 bridgehead atoms. The molecule has 1 aromatic carbocycles. The van der Waals surface area contributed by atoms with Crippen LogP contribution in [0.2, 0.25) is 0 Å². The molecule has 0 aliphatic carbocycles. The molecule has 0 spiro atoms. The highest BCUT2D eigenvalue weighted by molar-refractivity contribution is 5.57. The van der Waals surface area contributed by atoms with Crippen molar-refractivity contribution in [1.82, 2.24) is 30.1 Å². The molecule has 8 nitrogen and oxygen atoms in total. The summed E-state index contributed by atoms with van der Waals surface area (Å²) in [6.45, 7) is 5.18. The van der Waals surface area contributed by atoms with Crippen molar-refractivity contribution in [3.8, 4) is 23.0 Å². The van der Waals surface area contributed by atoms with Crippen LogP contribution in [-0.2, 0) is 0 Å². The van der Waals surface area contributed by atoms with E-state index in [1.54, 1.807) is 4.68 Å². The fourth-order valence-corrected chi connectivity index (χ4v) is 3.04. The van der Waals surface area contributed by atoms with Crippen LogP contribution < -0.4 is 10.1 Å². The highest BCUT2D eigenvalue weighted by Gasteiger charge is 2.27. The molecule has 3 heterocycles. The zero-order valence-corrected chi connectivity index (χ0v) is 14.9. The summed E-state index contributed by atoms with van der Waals surface area (Å²) in [5, 5.41) is 12.2. The Morgan fingerprint density at radius 2 is 2.15 bits per heavy atom. The lowest BCUT2D eigenvalue weighted by Gasteiger charge is -2.30. The zero-order valence-electron chi connectivity index (χ0n) is 14.9. The minimum absolute atomic E-state index is 0.0907. The van der Waals surface area contributed by atoms with Crippen molar-refractivity contribution in [1.29, 1.82) is 0 Å². The molecule has 1 aliphatic heterocycles. The van der Waals surface area contributed by atoms with Crippen molar-refractivity contribution in [2.24, 2.45) is 0 Å². The predicted molar refractivity (Wildman–Crippen MR) is 96.3 cm³/mol. The minimum atomic E-state index is 0.0907. The van der Waals surface area contributed by atoms with E-state index in [0.29, 0.717) is 29.8 Å². The number of para-hydroxylation sites is 1. The van der Waals surface area contributed by atoms with Crippen LogP contribution in [0.5, 0.6) is 5.75 Å². The predicted octanol–water partition coefficient (Wildman–Crippen LogP) is 1.90. The molecule has 1 saturated heterocycles. The number of ether oxygens (including phenoxy) is 1. The molecule has 26 heavy (non-hydrogen) atoms. The van der Waals surface area contributed by atoms with E-state index >= 15 is 0 Å². The first-order valence-corrected chi connectivity index (χ1v) is 8.79. The van der Waals surface area contributed by atoms with E-state index in [1.807, 2.05) is 43.5 Å². The molecule has 1 atom stereocenters. The van der Waals surface area contributed by atoms with Crippen LogP contribution >= 0.6 is 0 Å². The molecule has 1 N–H and O–H groups in total. The van der Waals surface area contributed by atoms with E-state index in [0.717, 1.165) is 25.3 Å². The molecule has 1 unspecified atom stereocenters. The van der Waals surface area contributed by atoms with E-state index < -0.39 is 0 Å². The third-order valence-corrected chi connectivity index (χ3v) is 4.45. The van der Waals surface area contributed by atoms with Gasteiger partial charge in [0.2, 0.25) is 0 Å². The third-order valence-electron chi connectivity index (χ3n) is 4.45. The topological polar surface area (TPSA) is 81.2 Å². The van der Waals surface area contributed by atoms with Crippen molar-refractivity contribution in [3.63, 3.8) is 0 Å². The van der Waals surface area contributed by atoms with Crippen molar-refractivity contribution >= 4 is 0 Å². The second kappa shape index (κ2) is 7.27. The zero-order chi connectivity index (χ0) is 17.9. The first kappa shape index (κ1) is 16.7. The Balaban J connectivity index is 1.67. The maximum atomic E-state index is 5.74. The minimum Gasteiger partial charge on any atom is -0.490 e. The average molecular weight is 354 g/mol. The Morgan fingerprint density at radius 1 is 1.31 bits per heavy atom. The van der Waals surface area contributed by atoms with E-state index in [1.165, 1.54) is 0 Å². The highest BCUT2D eigenvalue weighted by Crippen LogP contribution is 2.30. The summed E-state index contributed by atoms with van der Waals surface area (Å²) < 4.78 is 13.0. The summed E-state index contributed by atoms with van der Waals surface area (Å²) in [6.07, 6.45) is 1.84. The molecule has 0 saturated carbocycles. The molecular weight excluding hydrogens is 332 g/mol. The number of likely N-dealkylation sites (N-methyl/N-ethyl adjacent to an activating group) is 1. The standard InChI is InChI=1S/C18H22N6O2/c1-3-25-15-12-24(13-7-5-4-6-8-13)21-16(15)18-20-17(22-26-18)14-11-19-9-10-23(14)2/h4-8,12,14,19H,3,9-11H2,1-2H3. The third kappa shape index (κ3) is 3.21. The summed E-state index contributed by atoms with van der Waals surface area (Å²) in [4.78, 5) is 6.81. The van der Waals surface area contributed by atoms with Crippen molar-refractivity contribution in [2.45, 2.75) is 13.0 Å². The summed E-state index contributed by atoms with van der Waals surface area (Å²) in [7, 11) is 2.07. The fourth-order valence-electron chi connectivity index (χ4n) is 3.04. The number of aromatic nitrogens is 4. The number of nitrogens with zero attached hydrogens (tertiary/aromatic N) is 5. The van der Waals surface area contributed by atoms with Crippen LogP contribution in [0.25, 0.3) is 17.3 Å². The van der Waals surface area contributed by atoms with E-state index in [9.17, 15) is 0 Å². The molecule has 2 aromatic heterocycles. The van der Waals surface area contributed by atoms with Crippen LogP contribution in [0.3, 0.4) is 0 Å². The monoisotopic (exact) mass is 354 g/mol. The fraction of sp³-hybridized carbons (Fsp3) is 0.389. The number of hydrogen-bond donors (Lipinski definition) is 1. The Hall–Kier alpha value is -2.71. The van der Waals surface area contributed by atoms with E-state index in [-0.39, 0.29) is 6.04 Å². The van der Waals surface area contributed by atoms with Crippen LogP contribution in [-0.4, -0.2) is 58.1 Å². The Bertz CT molecular complexity index is 860. The van der Waals surface area contributed by atoms with Gasteiger partial charge in [-0.3, -0.25) is 4.90 Å². The molecule has 136 valence electrons. The van der Waals surface area contributed by atoms with Gasteiger partial charge in [-0.25, -0.2) is 4.68 Å². The molecular formula is C18H22N6O2. The molecule has 1 fully saturated rings. The number of piperazine rings is 1. The number of nitrogens with one attached hydrogen (secondary N) is 1. The van der Waals surface area contributed by atoms with Gasteiger partial charge >= 0.3 is 0 Å². The van der Waals surface area contributed by atoms with Crippen LogP contribution in [0.4, 0.5) is 0 Å². The van der Waals surface area contributed by atoms with Crippen molar-refractivity contribution in [3.05, 3.63) is 42.4 Å². The van der Waals surface area contributed by atoms with Crippen molar-refractivity contribution < 1.29 is 9.26 Å². The van der Waals surface area contributed by atoms with Crippen LogP contribution in [0.1, 0.15) is 18.8 Å². The van der Waals surface area contributed by atoms with Gasteiger partial charge in [-0.05, 0) is 26.1 Å². The highest BCUT2D eigenvalue weighted by atomic mass is 16.5. The second-order valence-electron chi connectivity index (χ2n) is 6.21. The summed E-state index contributed by atoms with van der Waals surface area (Å²) in [5.74, 6) is 1.66. The van der Waals surface area contributed by atoms with E-state index in [2.05, 4.69) is 32.5 Å². The molecule has 8 heteroatoms. The maximum absolute atomic E-state index is 5.74. The SMILES string of the molecule is CCOc1cn(-c2ccccc2)nc1-c1nc(C2CNCCN2C)no1. The van der Waals surface area contributed by atoms with Crippen LogP contribution in [0.15, 0.2) is 41.1 Å². The largest absolute Gasteiger partial charge is 0.490 e. The molecule has 1 aliphatic rings. The average Bonchev–Trinajstić information content (AvgIpc) is 3.30. The van der Waals surface area contributed by atoms with Gasteiger partial charge in [0.1, 0.15) is 0 Å². The second-order valence-corrected chi connectivity index (χ2v) is 6.21. The van der Waals surface area contributed by atoms with Gasteiger partial charge in [0.05, 0.1) is 24.5 Å². The number of hydrogen-bond acceptors (Lipinski definition) is 7. The smallest absolute Gasteiger partial charge is 0.282 e. The van der Waals surface area contributed by atoms with Gasteiger partial charge in [0, 0.05) is 19.6 Å². The Labute approximate surface area is 151 Å². The first-order chi connectivity index (χ1) is 12.8. The maximum Gasteiger partial charge on any atom is 0.282 e. The number of benzene rings is 1. The normalized spacial score (nSPS) is 18.2. The number of rotatable bonds is 5. The Morgan fingerprint density at radius 3 is 2.92 bits per heavy atom. The van der Waals surface area contributed by atoms with Crippen molar-refractivity contribution in [2.75, 3.05) is 33.3 Å². The summed E-state index contributed by atoms with van der Waals surface area (Å²) >= 11 is 0. The summed E-state index contributed by atoms with van der Waals surface area (Å²) in [6, 6.07) is 9.95. The Kier molecular flexibility index (Phi) is 4.68. The molecule has 3 aromatic rings. The first-order valence-electron chi connectivity index (χ1n) is 8.79. The van der Waals surface area contributed by atoms with Gasteiger partial charge < -0.3 is 14.6 Å². The van der Waals surface area contributed by atoms with Gasteiger partial charge in [0.15, 0.2) is 17.3 Å². The lowest BCUT2D eigenvalue weighted by molar-refractivity contribution is 0.190. The van der Waals surface area contributed by atoms with Crippen LogP contribution in [0, 0.1) is 0 Å². The quantitative estimate of drug-likeness (QED) is 0.749. The van der Waals surface area contributed by atoms with Gasteiger partial charge in [-0.2, -0.15) is 10.1 Å². The van der Waals surface area contributed by atoms with Gasteiger partial charge in [0.25, 0.3) is 5.89 Å². The lowest BCUT2D eigenvalue weighted by Crippen LogP contribution is -2.44. The summed E-state index contributed by atoms with van der Waals surface area (Å²) in [5.41, 5.74) is 1.50. The lowest BCUT2D eigenvalue weighted by atomic mass is 10.2.